The summed E-state index contributed by atoms with van der Waals surface area (Å²) >= 11 is 0. The first-order chi connectivity index (χ1) is 14.3. The average molecular weight is 391 g/mol. The molecule has 2 saturated carbocycles. The van der Waals surface area contributed by atoms with Crippen molar-refractivity contribution in [2.24, 2.45) is 17.8 Å². The lowest BCUT2D eigenvalue weighted by Gasteiger charge is -2.38. The monoisotopic (exact) mass is 390 g/mol. The molecule has 4 rings (SSSR count). The van der Waals surface area contributed by atoms with Gasteiger partial charge in [0.2, 0.25) is 0 Å². The molecule has 156 valence electrons. The summed E-state index contributed by atoms with van der Waals surface area (Å²) in [7, 11) is 0. The van der Waals surface area contributed by atoms with Gasteiger partial charge < -0.3 is 4.74 Å². The fourth-order valence-electron chi connectivity index (χ4n) is 5.82. The standard InChI is InChI=1S/C28H38O/c1-3-5-18-29-28-17-16-26-19-25(14-15-27(26)20-28)24-12-10-23(11-13-24)22-8-6-21(4-2)7-9-22/h3,5,14-17,19-24H,4,6-13,18H2,1-2H3. The van der Waals surface area contributed by atoms with Gasteiger partial charge in [0.25, 0.3) is 0 Å². The van der Waals surface area contributed by atoms with Gasteiger partial charge in [-0.15, -0.1) is 0 Å². The third kappa shape index (κ3) is 5.05. The second kappa shape index (κ2) is 9.83. The van der Waals surface area contributed by atoms with E-state index in [1.54, 1.807) is 5.56 Å². The Labute approximate surface area is 177 Å². The van der Waals surface area contributed by atoms with E-state index in [4.69, 9.17) is 4.74 Å². The number of allylic oxidation sites excluding steroid dienone is 1. The molecule has 1 heteroatoms. The molecule has 2 fully saturated rings. The number of benzene rings is 2. The lowest BCUT2D eigenvalue weighted by atomic mass is 9.68. The number of rotatable bonds is 6. The molecular weight excluding hydrogens is 352 g/mol. The molecule has 0 atom stereocenters. The van der Waals surface area contributed by atoms with Gasteiger partial charge in [-0.1, -0.05) is 62.6 Å². The van der Waals surface area contributed by atoms with Gasteiger partial charge >= 0.3 is 0 Å². The van der Waals surface area contributed by atoms with E-state index in [1.165, 1.54) is 68.6 Å². The molecule has 2 aromatic rings. The van der Waals surface area contributed by atoms with Crippen molar-refractivity contribution in [1.82, 2.24) is 0 Å². The van der Waals surface area contributed by atoms with Crippen molar-refractivity contribution in [2.75, 3.05) is 6.61 Å². The van der Waals surface area contributed by atoms with Crippen molar-refractivity contribution in [3.63, 3.8) is 0 Å². The second-order valence-electron chi connectivity index (χ2n) is 9.45. The van der Waals surface area contributed by atoms with Crippen LogP contribution in [0.5, 0.6) is 5.75 Å². The molecule has 1 nitrogen and oxygen atoms in total. The maximum atomic E-state index is 5.80. The minimum atomic E-state index is 0.642. The Hall–Kier alpha value is -1.76. The summed E-state index contributed by atoms with van der Waals surface area (Å²) in [6.07, 6.45) is 17.1. The third-order valence-corrected chi connectivity index (χ3v) is 7.80. The Balaban J connectivity index is 1.35. The zero-order valence-electron chi connectivity index (χ0n) is 18.4. The van der Waals surface area contributed by atoms with E-state index in [0.717, 1.165) is 29.4 Å². The highest BCUT2D eigenvalue weighted by atomic mass is 16.5. The van der Waals surface area contributed by atoms with Crippen LogP contribution in [0.4, 0.5) is 0 Å². The van der Waals surface area contributed by atoms with Gasteiger partial charge in [0.15, 0.2) is 0 Å². The molecule has 2 aliphatic rings. The summed E-state index contributed by atoms with van der Waals surface area (Å²) in [5.74, 6) is 4.77. The third-order valence-electron chi connectivity index (χ3n) is 7.80. The molecule has 0 saturated heterocycles. The SMILES string of the molecule is CC=CCOc1ccc2cc(C3CCC(C4CCC(CC)CC4)CC3)ccc2c1. The fourth-order valence-corrected chi connectivity index (χ4v) is 5.82. The summed E-state index contributed by atoms with van der Waals surface area (Å²) in [6.45, 7) is 5.04. The van der Waals surface area contributed by atoms with Gasteiger partial charge in [-0.25, -0.2) is 0 Å². The zero-order chi connectivity index (χ0) is 20.1. The average Bonchev–Trinajstić information content (AvgIpc) is 2.79. The number of ether oxygens (including phenoxy) is 1. The molecule has 29 heavy (non-hydrogen) atoms. The van der Waals surface area contributed by atoms with Crippen molar-refractivity contribution < 1.29 is 4.74 Å². The van der Waals surface area contributed by atoms with Crippen LogP contribution in [0.15, 0.2) is 48.6 Å². The molecule has 0 N–H and O–H groups in total. The quantitative estimate of drug-likeness (QED) is 0.451. The molecule has 0 amide bonds. The lowest BCUT2D eigenvalue weighted by Crippen LogP contribution is -2.25. The van der Waals surface area contributed by atoms with Gasteiger partial charge in [-0.2, -0.15) is 0 Å². The Kier molecular flexibility index (Phi) is 6.95. The fraction of sp³-hybridized carbons (Fsp3) is 0.571. The maximum absolute atomic E-state index is 5.80. The highest BCUT2D eigenvalue weighted by molar-refractivity contribution is 5.84. The molecule has 0 spiro atoms. The van der Waals surface area contributed by atoms with Crippen molar-refractivity contribution in [2.45, 2.75) is 77.6 Å². The van der Waals surface area contributed by atoms with Crippen LogP contribution in [-0.4, -0.2) is 6.61 Å². The molecule has 2 aromatic carbocycles. The van der Waals surface area contributed by atoms with Gasteiger partial charge in [-0.3, -0.25) is 0 Å². The van der Waals surface area contributed by atoms with Gasteiger partial charge in [0, 0.05) is 0 Å². The molecule has 0 heterocycles. The topological polar surface area (TPSA) is 9.23 Å². The second-order valence-corrected chi connectivity index (χ2v) is 9.45. The van der Waals surface area contributed by atoms with Crippen LogP contribution in [-0.2, 0) is 0 Å². The lowest BCUT2D eigenvalue weighted by molar-refractivity contribution is 0.158. The largest absolute Gasteiger partial charge is 0.490 e. The smallest absolute Gasteiger partial charge is 0.120 e. The van der Waals surface area contributed by atoms with E-state index in [1.807, 2.05) is 19.1 Å². The first kappa shape index (κ1) is 20.5. The minimum absolute atomic E-state index is 0.642. The van der Waals surface area contributed by atoms with E-state index in [0.29, 0.717) is 6.61 Å². The highest BCUT2D eigenvalue weighted by Gasteiger charge is 2.30. The molecular formula is C28H38O. The van der Waals surface area contributed by atoms with Crippen LogP contribution < -0.4 is 4.74 Å². The van der Waals surface area contributed by atoms with Crippen LogP contribution in [0.2, 0.25) is 0 Å². The van der Waals surface area contributed by atoms with Crippen molar-refractivity contribution in [3.05, 3.63) is 54.1 Å². The van der Waals surface area contributed by atoms with E-state index in [-0.39, 0.29) is 0 Å². The van der Waals surface area contributed by atoms with Crippen LogP contribution in [0, 0.1) is 17.8 Å². The summed E-state index contributed by atoms with van der Waals surface area (Å²) < 4.78 is 5.80. The zero-order valence-corrected chi connectivity index (χ0v) is 18.4. The van der Waals surface area contributed by atoms with Crippen LogP contribution in [0.3, 0.4) is 0 Å². The highest BCUT2D eigenvalue weighted by Crippen LogP contribution is 2.44. The number of fused-ring (bicyclic) bond motifs is 1. The molecule has 2 aliphatic carbocycles. The molecule has 0 aliphatic heterocycles. The number of hydrogen-bond donors (Lipinski definition) is 0. The van der Waals surface area contributed by atoms with E-state index in [9.17, 15) is 0 Å². The summed E-state index contributed by atoms with van der Waals surface area (Å²) in [4.78, 5) is 0. The molecule has 0 radical (unpaired) electrons. The van der Waals surface area contributed by atoms with Gasteiger partial charge in [0.05, 0.1) is 0 Å². The van der Waals surface area contributed by atoms with Crippen LogP contribution in [0.1, 0.15) is 83.1 Å². The Bertz CT molecular complexity index is 804. The van der Waals surface area contributed by atoms with E-state index < -0.39 is 0 Å². The Morgan fingerprint density at radius 2 is 1.48 bits per heavy atom. The minimum Gasteiger partial charge on any atom is -0.490 e. The van der Waals surface area contributed by atoms with Crippen LogP contribution in [0.25, 0.3) is 10.8 Å². The van der Waals surface area contributed by atoms with Crippen LogP contribution >= 0.6 is 0 Å². The summed E-state index contributed by atoms with van der Waals surface area (Å²) in [5.41, 5.74) is 1.55. The molecule has 0 bridgehead atoms. The first-order valence-electron chi connectivity index (χ1n) is 12.0. The predicted octanol–water partition coefficient (Wildman–Crippen LogP) is 8.28. The van der Waals surface area contributed by atoms with Gasteiger partial charge in [0.1, 0.15) is 12.4 Å². The number of hydrogen-bond acceptors (Lipinski definition) is 1. The van der Waals surface area contributed by atoms with Crippen molar-refractivity contribution in [3.8, 4) is 5.75 Å². The van der Waals surface area contributed by atoms with Crippen molar-refractivity contribution >= 4 is 10.8 Å². The Morgan fingerprint density at radius 3 is 2.17 bits per heavy atom. The molecule has 0 unspecified atom stereocenters. The molecule has 0 aromatic heterocycles. The summed E-state index contributed by atoms with van der Waals surface area (Å²) in [6, 6.07) is 13.6. The first-order valence-corrected chi connectivity index (χ1v) is 12.0. The maximum Gasteiger partial charge on any atom is 0.120 e. The van der Waals surface area contributed by atoms with Crippen molar-refractivity contribution in [1.29, 1.82) is 0 Å². The predicted molar refractivity (Wildman–Crippen MR) is 125 cm³/mol. The van der Waals surface area contributed by atoms with Gasteiger partial charge in [-0.05, 0) is 97.6 Å². The summed E-state index contributed by atoms with van der Waals surface area (Å²) in [5, 5.41) is 2.63. The van der Waals surface area contributed by atoms with E-state index in [2.05, 4.69) is 43.3 Å². The van der Waals surface area contributed by atoms with E-state index >= 15 is 0 Å². The normalized spacial score (nSPS) is 28.1. The Morgan fingerprint density at radius 1 is 0.828 bits per heavy atom.